The summed E-state index contributed by atoms with van der Waals surface area (Å²) in [5.74, 6) is -0.674. The Hall–Kier alpha value is -1.59. The highest BCUT2D eigenvalue weighted by molar-refractivity contribution is 6.33. The van der Waals surface area contributed by atoms with Crippen molar-refractivity contribution >= 4 is 29.2 Å². The first-order valence-electron chi connectivity index (χ1n) is 6.45. The average Bonchev–Trinajstić information content (AvgIpc) is 2.87. The van der Waals surface area contributed by atoms with E-state index >= 15 is 0 Å². The average molecular weight is 297 g/mol. The van der Waals surface area contributed by atoms with Crippen molar-refractivity contribution in [1.82, 2.24) is 0 Å². The van der Waals surface area contributed by atoms with Crippen molar-refractivity contribution in [3.8, 4) is 0 Å². The molecule has 0 aliphatic heterocycles. The minimum absolute atomic E-state index is 0.0674. The maximum Gasteiger partial charge on any atom is 0.339 e. The van der Waals surface area contributed by atoms with Crippen molar-refractivity contribution in [2.75, 3.05) is 12.4 Å². The van der Waals surface area contributed by atoms with Gasteiger partial charge in [-0.15, -0.1) is 0 Å². The van der Waals surface area contributed by atoms with Gasteiger partial charge in [-0.25, -0.2) is 4.79 Å². The van der Waals surface area contributed by atoms with E-state index < -0.39 is 5.97 Å². The maximum atomic E-state index is 12.1. The summed E-state index contributed by atoms with van der Waals surface area (Å²) in [6.45, 7) is 0. The molecular weight excluding hydrogens is 280 g/mol. The van der Waals surface area contributed by atoms with Gasteiger partial charge >= 0.3 is 5.97 Å². The van der Waals surface area contributed by atoms with Gasteiger partial charge in [0.05, 0.1) is 17.7 Å². The second kappa shape index (κ2) is 6.24. The number of ether oxygens (including phenoxy) is 1. The summed E-state index contributed by atoms with van der Waals surface area (Å²) in [6, 6.07) is 4.83. The third-order valence-corrected chi connectivity index (χ3v) is 3.81. The first kappa shape index (κ1) is 14.8. The number of anilines is 1. The predicted octanol–water partition coefficient (Wildman–Crippen LogP) is 2.19. The van der Waals surface area contributed by atoms with Crippen LogP contribution >= 0.6 is 11.6 Å². The van der Waals surface area contributed by atoms with E-state index in [1.54, 1.807) is 12.1 Å². The molecule has 108 valence electrons. The topological polar surface area (TPSA) is 81.4 Å². The van der Waals surface area contributed by atoms with Crippen molar-refractivity contribution in [2.24, 2.45) is 11.7 Å². The fourth-order valence-electron chi connectivity index (χ4n) is 2.37. The first-order chi connectivity index (χ1) is 9.51. The van der Waals surface area contributed by atoms with Gasteiger partial charge in [-0.05, 0) is 37.5 Å². The number of hydrogen-bond acceptors (Lipinski definition) is 4. The van der Waals surface area contributed by atoms with Crippen LogP contribution in [-0.2, 0) is 9.53 Å². The van der Waals surface area contributed by atoms with Gasteiger partial charge in [0.2, 0.25) is 5.91 Å². The van der Waals surface area contributed by atoms with Gasteiger partial charge in [0.25, 0.3) is 0 Å². The Morgan fingerprint density at radius 3 is 2.75 bits per heavy atom. The number of nitrogens with one attached hydrogen (secondary N) is 1. The van der Waals surface area contributed by atoms with Crippen LogP contribution in [0.25, 0.3) is 0 Å². The minimum atomic E-state index is -0.533. The molecule has 0 saturated heterocycles. The smallest absolute Gasteiger partial charge is 0.339 e. The maximum absolute atomic E-state index is 12.1. The minimum Gasteiger partial charge on any atom is -0.465 e. The molecule has 1 aliphatic rings. The van der Waals surface area contributed by atoms with Gasteiger partial charge in [0, 0.05) is 17.6 Å². The molecule has 0 spiro atoms. The molecule has 2 atom stereocenters. The van der Waals surface area contributed by atoms with Crippen LogP contribution in [0.1, 0.15) is 29.6 Å². The summed E-state index contributed by atoms with van der Waals surface area (Å²) in [7, 11) is 1.28. The molecule has 1 fully saturated rings. The van der Waals surface area contributed by atoms with E-state index in [4.69, 9.17) is 17.3 Å². The molecule has 1 saturated carbocycles. The summed E-state index contributed by atoms with van der Waals surface area (Å²) in [5.41, 5.74) is 6.56. The molecule has 0 bridgehead atoms. The molecule has 1 aromatic carbocycles. The zero-order valence-electron chi connectivity index (χ0n) is 11.2. The number of nitrogens with two attached hydrogens (primary N) is 1. The molecule has 1 aromatic rings. The number of rotatable bonds is 3. The van der Waals surface area contributed by atoms with Crippen LogP contribution in [0.3, 0.4) is 0 Å². The largest absolute Gasteiger partial charge is 0.465 e. The van der Waals surface area contributed by atoms with E-state index in [1.807, 2.05) is 0 Å². The van der Waals surface area contributed by atoms with Crippen LogP contribution in [0.2, 0.25) is 5.02 Å². The lowest BCUT2D eigenvalue weighted by molar-refractivity contribution is -0.119. The lowest BCUT2D eigenvalue weighted by Crippen LogP contribution is -2.23. The Bertz CT molecular complexity index is 533. The number of carbonyl (C=O) groups is 2. The van der Waals surface area contributed by atoms with Crippen molar-refractivity contribution < 1.29 is 14.3 Å². The third kappa shape index (κ3) is 3.29. The predicted molar refractivity (Wildman–Crippen MR) is 76.7 cm³/mol. The monoisotopic (exact) mass is 296 g/mol. The zero-order valence-corrected chi connectivity index (χ0v) is 11.9. The zero-order chi connectivity index (χ0) is 14.7. The van der Waals surface area contributed by atoms with Crippen LogP contribution in [0, 0.1) is 5.92 Å². The number of hydrogen-bond donors (Lipinski definition) is 2. The molecule has 3 N–H and O–H groups in total. The van der Waals surface area contributed by atoms with E-state index in [2.05, 4.69) is 10.1 Å². The van der Waals surface area contributed by atoms with Gasteiger partial charge in [0.1, 0.15) is 0 Å². The molecular formula is C14H17ClN2O3. The van der Waals surface area contributed by atoms with Crippen LogP contribution in [0.15, 0.2) is 18.2 Å². The van der Waals surface area contributed by atoms with Gasteiger partial charge in [-0.1, -0.05) is 11.6 Å². The summed E-state index contributed by atoms with van der Waals surface area (Å²) in [6.07, 6.45) is 2.36. The summed E-state index contributed by atoms with van der Waals surface area (Å²) < 4.78 is 4.64. The van der Waals surface area contributed by atoms with E-state index in [9.17, 15) is 9.59 Å². The fourth-order valence-corrected chi connectivity index (χ4v) is 2.56. The van der Waals surface area contributed by atoms with Gasteiger partial charge in [-0.2, -0.15) is 0 Å². The van der Waals surface area contributed by atoms with E-state index in [0.717, 1.165) is 12.8 Å². The number of carbonyl (C=O) groups excluding carboxylic acids is 2. The van der Waals surface area contributed by atoms with Gasteiger partial charge < -0.3 is 15.8 Å². The SMILES string of the molecule is COC(=O)c1cc(NC(=O)C2CCC(N)C2)ccc1Cl. The summed E-state index contributed by atoms with van der Waals surface area (Å²) >= 11 is 5.92. The number of esters is 1. The van der Waals surface area contributed by atoms with Crippen LogP contribution in [-0.4, -0.2) is 25.0 Å². The first-order valence-corrected chi connectivity index (χ1v) is 6.83. The summed E-state index contributed by atoms with van der Waals surface area (Å²) in [4.78, 5) is 23.6. The number of benzene rings is 1. The van der Waals surface area contributed by atoms with E-state index in [-0.39, 0.29) is 28.5 Å². The molecule has 1 amide bonds. The fraction of sp³-hybridized carbons (Fsp3) is 0.429. The summed E-state index contributed by atoms with van der Waals surface area (Å²) in [5, 5.41) is 3.08. The molecule has 0 heterocycles. The van der Waals surface area contributed by atoms with E-state index in [0.29, 0.717) is 12.1 Å². The molecule has 0 radical (unpaired) electrons. The molecule has 20 heavy (non-hydrogen) atoms. The number of amides is 1. The van der Waals surface area contributed by atoms with Crippen molar-refractivity contribution in [2.45, 2.75) is 25.3 Å². The standard InChI is InChI=1S/C14H17ClN2O3/c1-20-14(19)11-7-10(4-5-12(11)15)17-13(18)8-2-3-9(16)6-8/h4-5,7-9H,2-3,6,16H2,1H3,(H,17,18). The van der Waals surface area contributed by atoms with Crippen LogP contribution in [0.5, 0.6) is 0 Å². The quantitative estimate of drug-likeness (QED) is 0.838. The van der Waals surface area contributed by atoms with Gasteiger partial charge in [0.15, 0.2) is 0 Å². The van der Waals surface area contributed by atoms with Crippen molar-refractivity contribution in [3.63, 3.8) is 0 Å². The van der Waals surface area contributed by atoms with Crippen molar-refractivity contribution in [3.05, 3.63) is 28.8 Å². The highest BCUT2D eigenvalue weighted by Crippen LogP contribution is 2.26. The molecule has 5 nitrogen and oxygen atoms in total. The second-order valence-electron chi connectivity index (χ2n) is 4.95. The Balaban J connectivity index is 2.10. The lowest BCUT2D eigenvalue weighted by atomic mass is 10.1. The highest BCUT2D eigenvalue weighted by Gasteiger charge is 2.27. The lowest BCUT2D eigenvalue weighted by Gasteiger charge is -2.12. The van der Waals surface area contributed by atoms with E-state index in [1.165, 1.54) is 13.2 Å². The Morgan fingerprint density at radius 1 is 1.40 bits per heavy atom. The normalized spacial score (nSPS) is 21.6. The van der Waals surface area contributed by atoms with Crippen LogP contribution in [0.4, 0.5) is 5.69 Å². The molecule has 0 aromatic heterocycles. The Kier molecular flexibility index (Phi) is 4.62. The highest BCUT2D eigenvalue weighted by atomic mass is 35.5. The second-order valence-corrected chi connectivity index (χ2v) is 5.35. The molecule has 6 heteroatoms. The number of halogens is 1. The molecule has 1 aliphatic carbocycles. The van der Waals surface area contributed by atoms with Crippen LogP contribution < -0.4 is 11.1 Å². The van der Waals surface area contributed by atoms with Gasteiger partial charge in [-0.3, -0.25) is 4.79 Å². The Labute approximate surface area is 122 Å². The third-order valence-electron chi connectivity index (χ3n) is 3.48. The van der Waals surface area contributed by atoms with Crippen molar-refractivity contribution in [1.29, 1.82) is 0 Å². The molecule has 2 unspecified atom stereocenters. The molecule has 2 rings (SSSR count). The number of methoxy groups -OCH3 is 1. The Morgan fingerprint density at radius 2 is 2.15 bits per heavy atom.